The Morgan fingerprint density at radius 3 is 2.42 bits per heavy atom. The molecule has 9 nitrogen and oxygen atoms in total. The third-order valence-electron chi connectivity index (χ3n) is 4.85. The minimum atomic E-state index is -1.20. The van der Waals surface area contributed by atoms with Crippen LogP contribution in [0.1, 0.15) is 49.7 Å². The average molecular weight is 480 g/mol. The molecule has 184 valence electrons. The fourth-order valence-corrected chi connectivity index (χ4v) is 3.97. The lowest BCUT2D eigenvalue weighted by Gasteiger charge is -2.23. The highest BCUT2D eigenvalue weighted by atomic mass is 28.3. The molecular formula is C23H37N3O6Si. The van der Waals surface area contributed by atoms with Crippen LogP contribution in [-0.2, 0) is 20.9 Å². The maximum absolute atomic E-state index is 12.5. The Labute approximate surface area is 196 Å². The molecule has 0 saturated heterocycles. The topological polar surface area (TPSA) is 101 Å². The van der Waals surface area contributed by atoms with Crippen molar-refractivity contribution in [2.24, 2.45) is 0 Å². The fourth-order valence-electron chi connectivity index (χ4n) is 3.21. The molecule has 2 aromatic rings. The smallest absolute Gasteiger partial charge is 0.408 e. The van der Waals surface area contributed by atoms with E-state index in [0.717, 1.165) is 6.04 Å². The van der Waals surface area contributed by atoms with Gasteiger partial charge < -0.3 is 24.3 Å². The van der Waals surface area contributed by atoms with Gasteiger partial charge in [0.25, 0.3) is 0 Å². The van der Waals surface area contributed by atoms with Crippen LogP contribution in [0.15, 0.2) is 12.3 Å². The number of carbonyl (C=O) groups excluding carboxylic acids is 2. The first-order valence-electron chi connectivity index (χ1n) is 11.0. The molecule has 1 atom stereocenters. The lowest BCUT2D eigenvalue weighted by molar-refractivity contribution is 0.0507. The number of aromatic nitrogens is 2. The molecule has 0 bridgehead atoms. The molecular weight excluding hydrogens is 442 g/mol. The molecule has 1 amide bonds. The van der Waals surface area contributed by atoms with Gasteiger partial charge in [0.15, 0.2) is 0 Å². The normalized spacial score (nSPS) is 13.0. The molecule has 1 aromatic carbocycles. The van der Waals surface area contributed by atoms with Gasteiger partial charge in [-0.2, -0.15) is 5.10 Å². The highest BCUT2D eigenvalue weighted by Gasteiger charge is 2.26. The van der Waals surface area contributed by atoms with E-state index < -0.39 is 31.8 Å². The zero-order valence-corrected chi connectivity index (χ0v) is 22.2. The van der Waals surface area contributed by atoms with E-state index in [2.05, 4.69) is 30.1 Å². The second-order valence-electron chi connectivity index (χ2n) is 10.2. The summed E-state index contributed by atoms with van der Waals surface area (Å²) in [6.45, 7) is 14.9. The minimum absolute atomic E-state index is 0.254. The summed E-state index contributed by atoms with van der Waals surface area (Å²) in [6, 6.07) is 2.18. The molecule has 2 rings (SSSR count). The standard InChI is InChI=1S/C23H37N3O6Si/c1-15(24-22(28)32-23(2,3)4)16-12-17(21(27)30-6)19-18(20(16)29-5)13-26(25-19)14-31-10-11-33(7,8)9/h12-13,15H,10-11,14H2,1-9H3,(H,24,28). The van der Waals surface area contributed by atoms with E-state index in [1.54, 1.807) is 44.6 Å². The van der Waals surface area contributed by atoms with Crippen LogP contribution < -0.4 is 10.1 Å². The molecule has 1 N–H and O–H groups in total. The zero-order valence-electron chi connectivity index (χ0n) is 21.2. The van der Waals surface area contributed by atoms with Crippen molar-refractivity contribution in [3.8, 4) is 5.75 Å². The Hall–Kier alpha value is -2.59. The third kappa shape index (κ3) is 7.46. The van der Waals surface area contributed by atoms with Gasteiger partial charge >= 0.3 is 12.1 Å². The highest BCUT2D eigenvalue weighted by molar-refractivity contribution is 6.76. The summed E-state index contributed by atoms with van der Waals surface area (Å²) in [5.41, 5.74) is 0.698. The number of alkyl carbamates (subject to hydrolysis) is 1. The Morgan fingerprint density at radius 1 is 1.21 bits per heavy atom. The van der Waals surface area contributed by atoms with Crippen LogP contribution in [0.2, 0.25) is 25.7 Å². The first kappa shape index (κ1) is 26.7. The number of hydrogen-bond donors (Lipinski definition) is 1. The number of esters is 1. The summed E-state index contributed by atoms with van der Waals surface area (Å²) in [7, 11) is 1.66. The Kier molecular flexibility index (Phi) is 8.53. The summed E-state index contributed by atoms with van der Waals surface area (Å²) < 4.78 is 23.5. The minimum Gasteiger partial charge on any atom is -0.496 e. The first-order chi connectivity index (χ1) is 15.3. The number of rotatable bonds is 9. The highest BCUT2D eigenvalue weighted by Crippen LogP contribution is 2.36. The van der Waals surface area contributed by atoms with Gasteiger partial charge in [0.05, 0.1) is 31.2 Å². The van der Waals surface area contributed by atoms with Crippen molar-refractivity contribution in [3.63, 3.8) is 0 Å². The number of hydrogen-bond acceptors (Lipinski definition) is 7. The van der Waals surface area contributed by atoms with Crippen LogP contribution in [0.25, 0.3) is 10.9 Å². The quantitative estimate of drug-likeness (QED) is 0.315. The summed E-state index contributed by atoms with van der Waals surface area (Å²) in [5.74, 6) is -0.0205. The molecule has 0 aliphatic carbocycles. The molecule has 0 radical (unpaired) electrons. The zero-order chi connectivity index (χ0) is 25.0. The van der Waals surface area contributed by atoms with E-state index in [1.807, 2.05) is 0 Å². The van der Waals surface area contributed by atoms with E-state index in [4.69, 9.17) is 18.9 Å². The molecule has 0 fully saturated rings. The maximum atomic E-state index is 12.5. The van der Waals surface area contributed by atoms with E-state index in [0.29, 0.717) is 28.8 Å². The summed E-state index contributed by atoms with van der Waals surface area (Å²) in [5, 5.41) is 7.97. The first-order valence-corrected chi connectivity index (χ1v) is 14.7. The van der Waals surface area contributed by atoms with Crippen LogP contribution >= 0.6 is 0 Å². The molecule has 1 aromatic heterocycles. The SMILES string of the molecule is COC(=O)c1cc(C(C)NC(=O)OC(C)(C)C)c(OC)c2cn(COCC[Si](C)(C)C)nc12. The van der Waals surface area contributed by atoms with Crippen LogP contribution in [0.4, 0.5) is 4.79 Å². The number of nitrogens with one attached hydrogen (secondary N) is 1. The number of nitrogens with zero attached hydrogens (tertiary/aromatic N) is 2. The van der Waals surface area contributed by atoms with Gasteiger partial charge in [-0.25, -0.2) is 14.3 Å². The van der Waals surface area contributed by atoms with Crippen LogP contribution in [-0.4, -0.2) is 56.3 Å². The van der Waals surface area contributed by atoms with E-state index in [1.165, 1.54) is 14.2 Å². The second-order valence-corrected chi connectivity index (χ2v) is 15.8. The van der Waals surface area contributed by atoms with Gasteiger partial charge in [-0.15, -0.1) is 0 Å². The average Bonchev–Trinajstić information content (AvgIpc) is 3.10. The van der Waals surface area contributed by atoms with Gasteiger partial charge in [0, 0.05) is 26.4 Å². The number of benzene rings is 1. The summed E-state index contributed by atoms with van der Waals surface area (Å²) >= 11 is 0. The molecule has 0 spiro atoms. The van der Waals surface area contributed by atoms with Crippen LogP contribution in [0.3, 0.4) is 0 Å². The van der Waals surface area contributed by atoms with Crippen molar-refractivity contribution in [2.45, 2.75) is 71.8 Å². The van der Waals surface area contributed by atoms with Gasteiger partial charge in [0.1, 0.15) is 23.6 Å². The predicted molar refractivity (Wildman–Crippen MR) is 130 cm³/mol. The van der Waals surface area contributed by atoms with Gasteiger partial charge in [-0.1, -0.05) is 19.6 Å². The number of carbonyl (C=O) groups is 2. The molecule has 1 unspecified atom stereocenters. The molecule has 0 aliphatic heterocycles. The van der Waals surface area contributed by atoms with Gasteiger partial charge in [-0.05, 0) is 39.8 Å². The van der Waals surface area contributed by atoms with E-state index in [-0.39, 0.29) is 12.3 Å². The molecule has 0 aliphatic rings. The number of methoxy groups -OCH3 is 2. The second kappa shape index (κ2) is 10.6. The predicted octanol–water partition coefficient (Wildman–Crippen LogP) is 4.73. The van der Waals surface area contributed by atoms with Crippen LogP contribution in [0.5, 0.6) is 5.75 Å². The Morgan fingerprint density at radius 2 is 1.88 bits per heavy atom. The number of fused-ring (bicyclic) bond motifs is 1. The monoisotopic (exact) mass is 479 g/mol. The van der Waals surface area contributed by atoms with Gasteiger partial charge in [0.2, 0.25) is 0 Å². The van der Waals surface area contributed by atoms with Crippen molar-refractivity contribution >= 4 is 31.0 Å². The Balaban J connectivity index is 2.41. The fraction of sp³-hybridized carbons (Fsp3) is 0.609. The molecule has 0 saturated carbocycles. The molecule has 33 heavy (non-hydrogen) atoms. The maximum Gasteiger partial charge on any atom is 0.408 e. The van der Waals surface area contributed by atoms with Crippen molar-refractivity contribution < 1.29 is 28.5 Å². The van der Waals surface area contributed by atoms with Crippen molar-refractivity contribution in [1.82, 2.24) is 15.1 Å². The largest absolute Gasteiger partial charge is 0.496 e. The summed E-state index contributed by atoms with van der Waals surface area (Å²) in [6.07, 6.45) is 1.21. The Bertz CT molecular complexity index is 991. The summed E-state index contributed by atoms with van der Waals surface area (Å²) in [4.78, 5) is 24.8. The number of ether oxygens (including phenoxy) is 4. The van der Waals surface area contributed by atoms with E-state index in [9.17, 15) is 9.59 Å². The molecule has 10 heteroatoms. The van der Waals surface area contributed by atoms with Crippen molar-refractivity contribution in [3.05, 3.63) is 23.4 Å². The lowest BCUT2D eigenvalue weighted by atomic mass is 10.00. The molecule has 1 heterocycles. The van der Waals surface area contributed by atoms with Gasteiger partial charge in [-0.3, -0.25) is 0 Å². The van der Waals surface area contributed by atoms with E-state index >= 15 is 0 Å². The van der Waals surface area contributed by atoms with Crippen LogP contribution in [0, 0.1) is 0 Å². The van der Waals surface area contributed by atoms with Crippen molar-refractivity contribution in [1.29, 1.82) is 0 Å². The third-order valence-corrected chi connectivity index (χ3v) is 6.56. The van der Waals surface area contributed by atoms with Crippen molar-refractivity contribution in [2.75, 3.05) is 20.8 Å². The number of amides is 1. The lowest BCUT2D eigenvalue weighted by Crippen LogP contribution is -2.34.